The highest BCUT2D eigenvalue weighted by atomic mass is 16.6. The largest absolute Gasteiger partial charge is 0.459 e. The molecule has 192 valence electrons. The Hall–Kier alpha value is -2.64. The lowest BCUT2D eigenvalue weighted by atomic mass is 10.1. The van der Waals surface area contributed by atoms with E-state index in [1.807, 2.05) is 30.3 Å². The van der Waals surface area contributed by atoms with Crippen LogP contribution in [0.4, 0.5) is 0 Å². The zero-order valence-electron chi connectivity index (χ0n) is 18.9. The lowest BCUT2D eigenvalue weighted by Crippen LogP contribution is -2.41. The summed E-state index contributed by atoms with van der Waals surface area (Å²) in [6, 6.07) is 9.08. The van der Waals surface area contributed by atoms with E-state index in [2.05, 4.69) is 0 Å². The number of aliphatic hydroxyl groups is 5. The third-order valence-electron chi connectivity index (χ3n) is 5.57. The molecule has 0 aromatic heterocycles. The molecule has 5 N–H and O–H groups in total. The van der Waals surface area contributed by atoms with Gasteiger partial charge in [-0.2, -0.15) is 0 Å². The number of allylic oxidation sites excluding steroid dienone is 2. The van der Waals surface area contributed by atoms with Gasteiger partial charge in [-0.1, -0.05) is 42.5 Å². The van der Waals surface area contributed by atoms with E-state index in [9.17, 15) is 35.1 Å². The Kier molecular flexibility index (Phi) is 9.93. The first-order valence-electron chi connectivity index (χ1n) is 11.2. The summed E-state index contributed by atoms with van der Waals surface area (Å²) in [6.45, 7) is -1.21. The lowest BCUT2D eigenvalue weighted by molar-refractivity contribution is -0.153. The molecule has 3 rings (SSSR count). The van der Waals surface area contributed by atoms with E-state index < -0.39 is 73.5 Å². The Morgan fingerprint density at radius 2 is 1.63 bits per heavy atom. The van der Waals surface area contributed by atoms with Crippen LogP contribution in [0.3, 0.4) is 0 Å². The van der Waals surface area contributed by atoms with Gasteiger partial charge in [-0.25, -0.2) is 9.59 Å². The first kappa shape index (κ1) is 27.0. The summed E-state index contributed by atoms with van der Waals surface area (Å²) in [5.41, 5.74) is 0.301. The molecule has 2 aliphatic heterocycles. The molecular weight excluding hydrogens is 464 g/mol. The minimum atomic E-state index is -1.45. The van der Waals surface area contributed by atoms with Gasteiger partial charge in [-0.3, -0.25) is 0 Å². The Bertz CT molecular complexity index is 900. The maximum atomic E-state index is 12.6. The number of rotatable bonds is 10. The molecule has 35 heavy (non-hydrogen) atoms. The number of hydrogen-bond donors (Lipinski definition) is 5. The third-order valence-corrected chi connectivity index (χ3v) is 5.57. The predicted molar refractivity (Wildman–Crippen MR) is 120 cm³/mol. The summed E-state index contributed by atoms with van der Waals surface area (Å²) in [5, 5.41) is 49.2. The van der Waals surface area contributed by atoms with Crippen LogP contribution in [-0.2, 0) is 28.5 Å². The maximum absolute atomic E-state index is 12.6. The molecule has 0 amide bonds. The van der Waals surface area contributed by atoms with E-state index in [0.29, 0.717) is 0 Å². The molecular formula is C24H30O11. The van der Waals surface area contributed by atoms with Crippen LogP contribution in [-0.4, -0.2) is 107 Å². The van der Waals surface area contributed by atoms with Crippen LogP contribution in [0.1, 0.15) is 12.0 Å². The average Bonchev–Trinajstić information content (AvgIpc) is 3.44. The van der Waals surface area contributed by atoms with E-state index in [0.717, 1.165) is 5.56 Å². The molecule has 11 heteroatoms. The Morgan fingerprint density at radius 1 is 0.971 bits per heavy atom. The molecule has 11 nitrogen and oxygen atoms in total. The van der Waals surface area contributed by atoms with Crippen LogP contribution >= 0.6 is 0 Å². The van der Waals surface area contributed by atoms with Crippen molar-refractivity contribution < 1.29 is 54.1 Å². The average molecular weight is 494 g/mol. The second-order valence-corrected chi connectivity index (χ2v) is 8.30. The van der Waals surface area contributed by atoms with Gasteiger partial charge < -0.3 is 44.5 Å². The first-order valence-corrected chi connectivity index (χ1v) is 11.2. The molecule has 0 aliphatic carbocycles. The number of hydrogen-bond acceptors (Lipinski definition) is 11. The minimum absolute atomic E-state index is 0.0657. The predicted octanol–water partition coefficient (Wildman–Crippen LogP) is -1.30. The van der Waals surface area contributed by atoms with Gasteiger partial charge in [-0.15, -0.1) is 0 Å². The van der Waals surface area contributed by atoms with Crippen molar-refractivity contribution in [3.05, 3.63) is 53.6 Å². The van der Waals surface area contributed by atoms with Crippen molar-refractivity contribution >= 4 is 18.0 Å². The number of aliphatic hydroxyl groups excluding tert-OH is 5. The second-order valence-electron chi connectivity index (χ2n) is 8.30. The van der Waals surface area contributed by atoms with Crippen molar-refractivity contribution in [3.8, 4) is 0 Å². The normalized spacial score (nSPS) is 28.7. The van der Waals surface area contributed by atoms with Crippen LogP contribution in [0.5, 0.6) is 0 Å². The van der Waals surface area contributed by atoms with E-state index in [4.69, 9.17) is 18.9 Å². The Balaban J connectivity index is 1.63. The van der Waals surface area contributed by atoms with E-state index >= 15 is 0 Å². The molecule has 0 saturated carbocycles. The minimum Gasteiger partial charge on any atom is -0.459 e. The van der Waals surface area contributed by atoms with Crippen LogP contribution in [0.2, 0.25) is 0 Å². The monoisotopic (exact) mass is 494 g/mol. The molecule has 7 atom stereocenters. The lowest BCUT2D eigenvalue weighted by Gasteiger charge is -2.21. The van der Waals surface area contributed by atoms with Crippen LogP contribution in [0.15, 0.2) is 48.1 Å². The summed E-state index contributed by atoms with van der Waals surface area (Å²) in [5.74, 6) is -2.19. The fraction of sp³-hybridized carbons (Fsp3) is 0.500. The molecule has 2 saturated heterocycles. The summed E-state index contributed by atoms with van der Waals surface area (Å²) < 4.78 is 20.4. The highest BCUT2D eigenvalue weighted by Crippen LogP contribution is 2.19. The van der Waals surface area contributed by atoms with Crippen LogP contribution < -0.4 is 0 Å². The fourth-order valence-corrected chi connectivity index (χ4v) is 3.59. The van der Waals surface area contributed by atoms with Gasteiger partial charge in [0.25, 0.3) is 0 Å². The summed E-state index contributed by atoms with van der Waals surface area (Å²) in [4.78, 5) is 25.2. The summed E-state index contributed by atoms with van der Waals surface area (Å²) in [6.07, 6.45) is -3.32. The highest BCUT2D eigenvalue weighted by Gasteiger charge is 2.40. The van der Waals surface area contributed by atoms with Crippen molar-refractivity contribution in [3.63, 3.8) is 0 Å². The zero-order valence-corrected chi connectivity index (χ0v) is 18.9. The van der Waals surface area contributed by atoms with Gasteiger partial charge in [0.05, 0.1) is 25.4 Å². The molecule has 2 fully saturated rings. The molecule has 1 aromatic carbocycles. The molecule has 1 aromatic rings. The number of carbonyl (C=O) groups excluding carboxylic acids is 2. The highest BCUT2D eigenvalue weighted by molar-refractivity contribution is 6.14. The standard InChI is InChI=1S/C24H30O11/c25-15-9-20(32-10-15)17(26)11-34-23(30)16(8-4-7-14-5-2-1-3-6-14)24(31)35-13-19(28)22-21(29)18(27)12-33-22/h1-8,15,17-22,25-29H,9-13H2/b7-4+,16-8+. The van der Waals surface area contributed by atoms with Crippen molar-refractivity contribution in [2.45, 2.75) is 49.1 Å². The van der Waals surface area contributed by atoms with Crippen molar-refractivity contribution in [2.24, 2.45) is 0 Å². The van der Waals surface area contributed by atoms with Crippen molar-refractivity contribution in [2.75, 3.05) is 26.4 Å². The molecule has 0 spiro atoms. The third kappa shape index (κ3) is 7.67. The number of esters is 2. The van der Waals surface area contributed by atoms with Gasteiger partial charge in [-0.05, 0) is 11.6 Å². The van der Waals surface area contributed by atoms with Gasteiger partial charge in [0, 0.05) is 6.42 Å². The Labute approximate surface area is 201 Å². The molecule has 2 heterocycles. The number of ether oxygens (including phenoxy) is 4. The van der Waals surface area contributed by atoms with Gasteiger partial charge in [0.2, 0.25) is 0 Å². The molecule has 0 bridgehead atoms. The summed E-state index contributed by atoms with van der Waals surface area (Å²) >= 11 is 0. The second kappa shape index (κ2) is 12.9. The smallest absolute Gasteiger partial charge is 0.345 e. The van der Waals surface area contributed by atoms with E-state index in [1.165, 1.54) is 12.2 Å². The number of carbonyl (C=O) groups is 2. The van der Waals surface area contributed by atoms with Crippen molar-refractivity contribution in [1.29, 1.82) is 0 Å². The fourth-order valence-electron chi connectivity index (χ4n) is 3.59. The van der Waals surface area contributed by atoms with E-state index in [1.54, 1.807) is 6.08 Å². The molecule has 7 unspecified atom stereocenters. The van der Waals surface area contributed by atoms with Crippen molar-refractivity contribution in [1.82, 2.24) is 0 Å². The Morgan fingerprint density at radius 3 is 2.20 bits per heavy atom. The van der Waals surface area contributed by atoms with Crippen LogP contribution in [0.25, 0.3) is 6.08 Å². The molecule has 0 radical (unpaired) electrons. The quantitative estimate of drug-likeness (QED) is 0.0861. The van der Waals surface area contributed by atoms with Gasteiger partial charge in [0.1, 0.15) is 49.3 Å². The zero-order chi connectivity index (χ0) is 25.4. The van der Waals surface area contributed by atoms with E-state index in [-0.39, 0.29) is 19.6 Å². The topological polar surface area (TPSA) is 172 Å². The maximum Gasteiger partial charge on any atom is 0.345 e. The SMILES string of the molecule is O=C(OCC(O)C1CC(O)CO1)/C(=C\C=C\c1ccccc1)C(=O)OCC(O)C1OCC(O)C1O. The van der Waals surface area contributed by atoms with Gasteiger partial charge in [0.15, 0.2) is 0 Å². The molecule has 2 aliphatic rings. The van der Waals surface area contributed by atoms with Crippen LogP contribution in [0, 0.1) is 0 Å². The summed E-state index contributed by atoms with van der Waals surface area (Å²) in [7, 11) is 0. The van der Waals surface area contributed by atoms with Gasteiger partial charge >= 0.3 is 11.9 Å². The first-order chi connectivity index (χ1) is 16.8. The number of benzene rings is 1.